The highest BCUT2D eigenvalue weighted by Gasteiger charge is 2.21. The van der Waals surface area contributed by atoms with E-state index in [-0.39, 0.29) is 0 Å². The molecule has 1 unspecified atom stereocenters. The number of fused-ring (bicyclic) bond motifs is 1. The van der Waals surface area contributed by atoms with E-state index in [9.17, 15) is 0 Å². The summed E-state index contributed by atoms with van der Waals surface area (Å²) in [7, 11) is 0. The predicted molar refractivity (Wildman–Crippen MR) is 73.3 cm³/mol. The van der Waals surface area contributed by atoms with Crippen LogP contribution < -0.4 is 5.73 Å². The Hall–Kier alpha value is -1.61. The summed E-state index contributed by atoms with van der Waals surface area (Å²) in [5.41, 5.74) is 10.7. The first-order valence-corrected chi connectivity index (χ1v) is 6.61. The molecule has 0 amide bonds. The Kier molecular flexibility index (Phi) is 2.92. The van der Waals surface area contributed by atoms with Gasteiger partial charge in [0.2, 0.25) is 0 Å². The van der Waals surface area contributed by atoms with Crippen LogP contribution in [-0.2, 0) is 12.8 Å². The van der Waals surface area contributed by atoms with Gasteiger partial charge in [-0.05, 0) is 38.6 Å². The predicted octanol–water partition coefficient (Wildman–Crippen LogP) is 2.45. The number of nitrogens with two attached hydrogens (primary N) is 1. The molecular formula is C15H19N3. The van der Waals surface area contributed by atoms with Crippen molar-refractivity contribution in [3.63, 3.8) is 0 Å². The molecule has 1 aromatic heterocycles. The van der Waals surface area contributed by atoms with Crippen molar-refractivity contribution in [3.05, 3.63) is 41.2 Å². The molecule has 0 spiro atoms. The molecule has 0 aliphatic heterocycles. The molecule has 1 aromatic carbocycles. The number of hydrogen-bond acceptors (Lipinski definition) is 2. The van der Waals surface area contributed by atoms with Crippen molar-refractivity contribution in [1.29, 1.82) is 0 Å². The monoisotopic (exact) mass is 241 g/mol. The Morgan fingerprint density at radius 3 is 2.83 bits per heavy atom. The number of aryl methyl sites for hydroxylation is 2. The summed E-state index contributed by atoms with van der Waals surface area (Å²) >= 11 is 0. The summed E-state index contributed by atoms with van der Waals surface area (Å²) in [4.78, 5) is 8.19. The Balaban J connectivity index is 1.91. The maximum absolute atomic E-state index is 5.76. The Morgan fingerprint density at radius 1 is 1.33 bits per heavy atom. The normalized spacial score (nSPS) is 18.7. The zero-order chi connectivity index (χ0) is 12.5. The van der Waals surface area contributed by atoms with Crippen LogP contribution in [0.25, 0.3) is 11.4 Å². The summed E-state index contributed by atoms with van der Waals surface area (Å²) in [6, 6.07) is 8.50. The van der Waals surface area contributed by atoms with E-state index in [4.69, 9.17) is 10.7 Å². The van der Waals surface area contributed by atoms with Gasteiger partial charge in [0.1, 0.15) is 5.82 Å². The van der Waals surface area contributed by atoms with Crippen LogP contribution in [0.2, 0.25) is 0 Å². The molecule has 0 fully saturated rings. The maximum atomic E-state index is 5.76. The van der Waals surface area contributed by atoms with Gasteiger partial charge in [-0.15, -0.1) is 0 Å². The zero-order valence-corrected chi connectivity index (χ0v) is 10.7. The third kappa shape index (κ3) is 2.06. The number of nitrogens with one attached hydrogen (secondary N) is 1. The second kappa shape index (κ2) is 4.58. The first-order chi connectivity index (χ1) is 8.76. The average molecular weight is 241 g/mol. The fraction of sp³-hybridized carbons (Fsp3) is 0.400. The molecule has 3 rings (SSSR count). The third-order valence-corrected chi connectivity index (χ3v) is 3.80. The molecule has 0 saturated heterocycles. The number of benzene rings is 1. The van der Waals surface area contributed by atoms with Gasteiger partial charge in [0, 0.05) is 11.3 Å². The summed E-state index contributed by atoms with van der Waals surface area (Å²) in [5.74, 6) is 1.61. The lowest BCUT2D eigenvalue weighted by Crippen LogP contribution is -2.22. The molecule has 0 radical (unpaired) electrons. The maximum Gasteiger partial charge on any atom is 0.137 e. The molecule has 0 bridgehead atoms. The molecule has 0 saturated carbocycles. The lowest BCUT2D eigenvalue weighted by Gasteiger charge is -2.18. The molecule has 18 heavy (non-hydrogen) atoms. The Bertz CT molecular complexity index is 539. The fourth-order valence-corrected chi connectivity index (χ4v) is 2.60. The van der Waals surface area contributed by atoms with Crippen LogP contribution >= 0.6 is 0 Å². The largest absolute Gasteiger partial charge is 0.342 e. The highest BCUT2D eigenvalue weighted by Crippen LogP contribution is 2.26. The van der Waals surface area contributed by atoms with E-state index in [0.29, 0.717) is 5.92 Å². The average Bonchev–Trinajstić information content (AvgIpc) is 2.82. The molecule has 3 nitrogen and oxygen atoms in total. The van der Waals surface area contributed by atoms with E-state index in [0.717, 1.165) is 25.2 Å². The van der Waals surface area contributed by atoms with Crippen LogP contribution in [-0.4, -0.2) is 16.5 Å². The van der Waals surface area contributed by atoms with Gasteiger partial charge < -0.3 is 10.7 Å². The zero-order valence-electron chi connectivity index (χ0n) is 10.7. The number of aromatic nitrogens is 2. The van der Waals surface area contributed by atoms with Crippen LogP contribution in [0.15, 0.2) is 24.3 Å². The van der Waals surface area contributed by atoms with Crippen LogP contribution in [0.3, 0.4) is 0 Å². The third-order valence-electron chi connectivity index (χ3n) is 3.80. The molecule has 1 heterocycles. The SMILES string of the molecule is Cc1ccc(-c2nc3c([nH]2)CC(CN)CC3)cc1. The van der Waals surface area contributed by atoms with Crippen molar-refractivity contribution in [2.45, 2.75) is 26.2 Å². The van der Waals surface area contributed by atoms with Crippen molar-refractivity contribution in [1.82, 2.24) is 9.97 Å². The fourth-order valence-electron chi connectivity index (χ4n) is 2.60. The van der Waals surface area contributed by atoms with Crippen molar-refractivity contribution in [2.75, 3.05) is 6.54 Å². The number of imidazole rings is 1. The second-order valence-electron chi connectivity index (χ2n) is 5.22. The van der Waals surface area contributed by atoms with E-state index in [2.05, 4.69) is 36.2 Å². The van der Waals surface area contributed by atoms with Crippen LogP contribution in [0.5, 0.6) is 0 Å². The van der Waals surface area contributed by atoms with Crippen LogP contribution in [0.4, 0.5) is 0 Å². The van der Waals surface area contributed by atoms with E-state index < -0.39 is 0 Å². The lowest BCUT2D eigenvalue weighted by molar-refractivity contribution is 0.461. The van der Waals surface area contributed by atoms with Gasteiger partial charge in [-0.3, -0.25) is 0 Å². The number of aromatic amines is 1. The number of hydrogen-bond donors (Lipinski definition) is 2. The molecule has 3 heteroatoms. The molecule has 1 aliphatic carbocycles. The summed E-state index contributed by atoms with van der Waals surface area (Å²) in [6.45, 7) is 2.88. The highest BCUT2D eigenvalue weighted by atomic mass is 14.9. The standard InChI is InChI=1S/C15H19N3/c1-10-2-5-12(6-3-10)15-17-13-7-4-11(9-16)8-14(13)18-15/h2-3,5-6,11H,4,7-9,16H2,1H3,(H,17,18). The van der Waals surface area contributed by atoms with Gasteiger partial charge in [-0.1, -0.05) is 29.8 Å². The number of H-pyrrole nitrogens is 1. The van der Waals surface area contributed by atoms with Gasteiger partial charge in [0.15, 0.2) is 0 Å². The highest BCUT2D eigenvalue weighted by molar-refractivity contribution is 5.56. The van der Waals surface area contributed by atoms with Crippen molar-refractivity contribution < 1.29 is 0 Å². The smallest absolute Gasteiger partial charge is 0.137 e. The van der Waals surface area contributed by atoms with Crippen LogP contribution in [0, 0.1) is 12.8 Å². The molecule has 3 N–H and O–H groups in total. The van der Waals surface area contributed by atoms with Crippen molar-refractivity contribution in [2.24, 2.45) is 11.7 Å². The van der Waals surface area contributed by atoms with Crippen molar-refractivity contribution in [3.8, 4) is 11.4 Å². The molecule has 94 valence electrons. The molecule has 1 aliphatic rings. The van der Waals surface area contributed by atoms with Gasteiger partial charge in [-0.25, -0.2) is 4.98 Å². The van der Waals surface area contributed by atoms with E-state index in [1.165, 1.54) is 28.9 Å². The van der Waals surface area contributed by atoms with Gasteiger partial charge in [0.05, 0.1) is 5.69 Å². The van der Waals surface area contributed by atoms with E-state index in [1.54, 1.807) is 0 Å². The summed E-state index contributed by atoms with van der Waals surface area (Å²) in [5, 5.41) is 0. The Morgan fingerprint density at radius 2 is 2.11 bits per heavy atom. The number of rotatable bonds is 2. The second-order valence-corrected chi connectivity index (χ2v) is 5.22. The minimum Gasteiger partial charge on any atom is -0.342 e. The first kappa shape index (κ1) is 11.5. The quantitative estimate of drug-likeness (QED) is 0.848. The first-order valence-electron chi connectivity index (χ1n) is 6.61. The molecular weight excluding hydrogens is 222 g/mol. The topological polar surface area (TPSA) is 54.7 Å². The van der Waals surface area contributed by atoms with Gasteiger partial charge >= 0.3 is 0 Å². The summed E-state index contributed by atoms with van der Waals surface area (Å²) < 4.78 is 0. The molecule has 1 atom stereocenters. The molecule has 2 aromatic rings. The van der Waals surface area contributed by atoms with Crippen LogP contribution in [0.1, 0.15) is 23.4 Å². The van der Waals surface area contributed by atoms with Crippen molar-refractivity contribution >= 4 is 0 Å². The minimum atomic E-state index is 0.615. The minimum absolute atomic E-state index is 0.615. The lowest BCUT2D eigenvalue weighted by atomic mass is 9.90. The van der Waals surface area contributed by atoms with E-state index in [1.807, 2.05) is 0 Å². The van der Waals surface area contributed by atoms with Gasteiger partial charge in [0.25, 0.3) is 0 Å². The Labute approximate surface area is 107 Å². The van der Waals surface area contributed by atoms with E-state index >= 15 is 0 Å². The van der Waals surface area contributed by atoms with Gasteiger partial charge in [-0.2, -0.15) is 0 Å². The number of nitrogens with zero attached hydrogens (tertiary/aromatic N) is 1. The summed E-state index contributed by atoms with van der Waals surface area (Å²) in [6.07, 6.45) is 3.27.